The van der Waals surface area contributed by atoms with Crippen molar-refractivity contribution < 1.29 is 9.18 Å². The van der Waals surface area contributed by atoms with Gasteiger partial charge in [-0.25, -0.2) is 4.39 Å². The van der Waals surface area contributed by atoms with E-state index in [1.807, 2.05) is 6.92 Å². The lowest BCUT2D eigenvalue weighted by molar-refractivity contribution is 0.104. The molecule has 1 aliphatic carbocycles. The van der Waals surface area contributed by atoms with Crippen molar-refractivity contribution in [3.8, 4) is 0 Å². The fourth-order valence-corrected chi connectivity index (χ4v) is 2.73. The molecule has 1 aromatic carbocycles. The molecule has 1 aromatic rings. The highest BCUT2D eigenvalue weighted by molar-refractivity contribution is 9.10. The average Bonchev–Trinajstić information content (AvgIpc) is 2.81. The number of nitrogens with one attached hydrogen (secondary N) is 1. The number of carbonyl (C=O) groups is 1. The van der Waals surface area contributed by atoms with Crippen LogP contribution in [0.25, 0.3) is 0 Å². The highest BCUT2D eigenvalue weighted by Crippen LogP contribution is 2.19. The molecule has 1 fully saturated rings. The number of carbonyl (C=O) groups excluding carboxylic acids is 1. The maximum absolute atomic E-state index is 13.7. The van der Waals surface area contributed by atoms with E-state index in [-0.39, 0.29) is 11.3 Å². The van der Waals surface area contributed by atoms with E-state index in [4.69, 9.17) is 0 Å². The quantitative estimate of drug-likeness (QED) is 0.663. The smallest absolute Gasteiger partial charge is 0.190 e. The van der Waals surface area contributed by atoms with Gasteiger partial charge in [-0.1, -0.05) is 28.8 Å². The van der Waals surface area contributed by atoms with Crippen LogP contribution in [-0.4, -0.2) is 11.8 Å². The van der Waals surface area contributed by atoms with Gasteiger partial charge in [-0.2, -0.15) is 0 Å². The summed E-state index contributed by atoms with van der Waals surface area (Å²) in [4.78, 5) is 12.0. The van der Waals surface area contributed by atoms with E-state index in [0.717, 1.165) is 18.5 Å². The molecular formula is C15H17BrFNO. The van der Waals surface area contributed by atoms with Gasteiger partial charge in [0.15, 0.2) is 5.78 Å². The Labute approximate surface area is 121 Å². The summed E-state index contributed by atoms with van der Waals surface area (Å²) in [5, 5.41) is 3.32. The highest BCUT2D eigenvalue weighted by Gasteiger charge is 2.15. The van der Waals surface area contributed by atoms with Crippen molar-refractivity contribution in [3.05, 3.63) is 45.8 Å². The molecule has 0 spiro atoms. The van der Waals surface area contributed by atoms with Crippen molar-refractivity contribution >= 4 is 21.7 Å². The second-order valence-electron chi connectivity index (χ2n) is 4.94. The van der Waals surface area contributed by atoms with Crippen molar-refractivity contribution in [2.24, 2.45) is 0 Å². The zero-order valence-corrected chi connectivity index (χ0v) is 12.5. The van der Waals surface area contributed by atoms with E-state index < -0.39 is 5.82 Å². The van der Waals surface area contributed by atoms with E-state index in [2.05, 4.69) is 21.2 Å². The summed E-state index contributed by atoms with van der Waals surface area (Å²) in [7, 11) is 0. The molecule has 0 amide bonds. The summed E-state index contributed by atoms with van der Waals surface area (Å²) < 4.78 is 14.3. The molecule has 2 rings (SSSR count). The van der Waals surface area contributed by atoms with Crippen LogP contribution in [0.1, 0.15) is 43.0 Å². The van der Waals surface area contributed by atoms with Crippen LogP contribution in [0.15, 0.2) is 34.4 Å². The molecule has 19 heavy (non-hydrogen) atoms. The van der Waals surface area contributed by atoms with E-state index >= 15 is 0 Å². The molecule has 0 saturated heterocycles. The van der Waals surface area contributed by atoms with Crippen LogP contribution in [0.2, 0.25) is 0 Å². The van der Waals surface area contributed by atoms with Crippen molar-refractivity contribution in [1.29, 1.82) is 0 Å². The van der Waals surface area contributed by atoms with Gasteiger partial charge in [0.05, 0.1) is 5.56 Å². The first-order valence-corrected chi connectivity index (χ1v) is 7.30. The Hall–Kier alpha value is -1.16. The molecule has 1 saturated carbocycles. The van der Waals surface area contributed by atoms with Gasteiger partial charge in [-0.15, -0.1) is 0 Å². The predicted molar refractivity (Wildman–Crippen MR) is 77.6 cm³/mol. The van der Waals surface area contributed by atoms with Crippen molar-refractivity contribution in [2.75, 3.05) is 0 Å². The summed E-state index contributed by atoms with van der Waals surface area (Å²) in [6.07, 6.45) is 6.24. The number of hydrogen-bond acceptors (Lipinski definition) is 2. The average molecular weight is 326 g/mol. The molecule has 0 heterocycles. The normalized spacial score (nSPS) is 16.7. The third-order valence-corrected chi connectivity index (χ3v) is 3.82. The topological polar surface area (TPSA) is 29.1 Å². The van der Waals surface area contributed by atoms with Gasteiger partial charge in [0, 0.05) is 22.3 Å². The molecule has 2 nitrogen and oxygen atoms in total. The Morgan fingerprint density at radius 2 is 2.11 bits per heavy atom. The molecule has 102 valence electrons. The summed E-state index contributed by atoms with van der Waals surface area (Å²) >= 11 is 3.18. The molecule has 0 unspecified atom stereocenters. The van der Waals surface area contributed by atoms with E-state index in [1.165, 1.54) is 31.1 Å². The van der Waals surface area contributed by atoms with E-state index in [9.17, 15) is 9.18 Å². The van der Waals surface area contributed by atoms with Crippen molar-refractivity contribution in [3.63, 3.8) is 0 Å². The number of allylic oxidation sites excluding steroid dienone is 2. The lowest BCUT2D eigenvalue weighted by atomic mass is 10.1. The highest BCUT2D eigenvalue weighted by atomic mass is 79.9. The number of hydrogen-bond donors (Lipinski definition) is 1. The van der Waals surface area contributed by atoms with E-state index in [0.29, 0.717) is 10.5 Å². The zero-order valence-electron chi connectivity index (χ0n) is 10.9. The maximum Gasteiger partial charge on any atom is 0.190 e. The van der Waals surface area contributed by atoms with Crippen LogP contribution in [-0.2, 0) is 0 Å². The summed E-state index contributed by atoms with van der Waals surface area (Å²) in [5.74, 6) is -0.794. The minimum Gasteiger partial charge on any atom is -0.386 e. The number of halogens is 2. The fourth-order valence-electron chi connectivity index (χ4n) is 2.40. The summed E-state index contributed by atoms with van der Waals surface area (Å²) in [6.45, 7) is 1.85. The molecule has 0 atom stereocenters. The Balaban J connectivity index is 2.06. The largest absolute Gasteiger partial charge is 0.386 e. The zero-order chi connectivity index (χ0) is 13.8. The Kier molecular flexibility index (Phi) is 4.75. The van der Waals surface area contributed by atoms with Crippen LogP contribution in [0.4, 0.5) is 4.39 Å². The molecule has 0 radical (unpaired) electrons. The Morgan fingerprint density at radius 3 is 2.74 bits per heavy atom. The number of ketones is 1. The first-order valence-electron chi connectivity index (χ1n) is 6.50. The summed E-state index contributed by atoms with van der Waals surface area (Å²) in [5.41, 5.74) is 0.912. The second-order valence-corrected chi connectivity index (χ2v) is 5.86. The summed E-state index contributed by atoms with van der Waals surface area (Å²) in [6, 6.07) is 4.94. The number of benzene rings is 1. The third-order valence-electron chi connectivity index (χ3n) is 3.33. The van der Waals surface area contributed by atoms with E-state index in [1.54, 1.807) is 6.07 Å². The molecular weight excluding hydrogens is 309 g/mol. The standard InChI is InChI=1S/C15H17BrFNO/c1-10(18-12-4-2-3-5-12)8-15(19)13-7-6-11(16)9-14(13)17/h6-9,12,18H,2-5H2,1H3/b10-8+. The molecule has 1 aliphatic rings. The van der Waals surface area contributed by atoms with Crippen LogP contribution < -0.4 is 5.32 Å². The van der Waals surface area contributed by atoms with Crippen molar-refractivity contribution in [2.45, 2.75) is 38.6 Å². The Morgan fingerprint density at radius 1 is 1.42 bits per heavy atom. The van der Waals surface area contributed by atoms with Crippen molar-refractivity contribution in [1.82, 2.24) is 5.32 Å². The van der Waals surface area contributed by atoms with Crippen LogP contribution in [0.5, 0.6) is 0 Å². The maximum atomic E-state index is 13.7. The van der Waals surface area contributed by atoms with Gasteiger partial charge in [0.2, 0.25) is 0 Å². The lowest BCUT2D eigenvalue weighted by Crippen LogP contribution is -2.24. The number of rotatable bonds is 4. The first-order chi connectivity index (χ1) is 9.06. The fraction of sp³-hybridized carbons (Fsp3) is 0.400. The third kappa shape index (κ3) is 3.90. The predicted octanol–water partition coefficient (Wildman–Crippen LogP) is 4.21. The second kappa shape index (κ2) is 6.33. The van der Waals surface area contributed by atoms with Crippen LogP contribution >= 0.6 is 15.9 Å². The molecule has 0 aromatic heterocycles. The molecule has 0 bridgehead atoms. The van der Waals surface area contributed by atoms with Crippen LogP contribution in [0.3, 0.4) is 0 Å². The Bertz CT molecular complexity index is 507. The van der Waals surface area contributed by atoms with Gasteiger partial charge < -0.3 is 5.32 Å². The van der Waals surface area contributed by atoms with Gasteiger partial charge in [0.1, 0.15) is 5.82 Å². The van der Waals surface area contributed by atoms with Crippen LogP contribution in [0, 0.1) is 5.82 Å². The minimum absolute atomic E-state index is 0.107. The van der Waals surface area contributed by atoms with Gasteiger partial charge >= 0.3 is 0 Å². The van der Waals surface area contributed by atoms with Gasteiger partial charge in [-0.3, -0.25) is 4.79 Å². The SMILES string of the molecule is C/C(=C\C(=O)c1ccc(Br)cc1F)NC1CCCC1. The monoisotopic (exact) mass is 325 g/mol. The lowest BCUT2D eigenvalue weighted by Gasteiger charge is -2.13. The van der Waals surface area contributed by atoms with Gasteiger partial charge in [0.25, 0.3) is 0 Å². The molecule has 0 aliphatic heterocycles. The molecule has 4 heteroatoms. The van der Waals surface area contributed by atoms with Gasteiger partial charge in [-0.05, 0) is 38.0 Å². The minimum atomic E-state index is -0.496. The molecule has 1 N–H and O–H groups in total. The first kappa shape index (κ1) is 14.3.